The first kappa shape index (κ1) is 34.2. The molecule has 0 aromatic carbocycles. The molecule has 0 aliphatic rings. The van der Waals surface area contributed by atoms with Crippen molar-refractivity contribution in [1.82, 2.24) is 0 Å². The number of carbonyl (C=O) groups excluding carboxylic acids is 6. The van der Waals surface area contributed by atoms with Gasteiger partial charge in [-0.05, 0) is 41.5 Å². The van der Waals surface area contributed by atoms with E-state index in [1.54, 1.807) is 83.1 Å². The molecule has 0 aliphatic heterocycles. The second-order valence-corrected chi connectivity index (χ2v) is 11.0. The van der Waals surface area contributed by atoms with Gasteiger partial charge in [0.05, 0.1) is 10.8 Å². The van der Waals surface area contributed by atoms with E-state index in [2.05, 4.69) is 9.47 Å². The third-order valence-electron chi connectivity index (χ3n) is 3.33. The molecule has 0 amide bonds. The van der Waals surface area contributed by atoms with E-state index in [1.807, 2.05) is 0 Å². The molecular formula is C22H36O8Pb. The van der Waals surface area contributed by atoms with Crippen molar-refractivity contribution in [3.8, 4) is 0 Å². The minimum absolute atomic E-state index is 0. The molecule has 0 fully saturated rings. The molecule has 176 valence electrons. The Kier molecular flexibility index (Phi) is 13.2. The van der Waals surface area contributed by atoms with Gasteiger partial charge in [0.1, 0.15) is 0 Å². The van der Waals surface area contributed by atoms with Crippen molar-refractivity contribution in [3.63, 3.8) is 0 Å². The van der Waals surface area contributed by atoms with Gasteiger partial charge in [0, 0.05) is 38.1 Å². The van der Waals surface area contributed by atoms with Gasteiger partial charge >= 0.3 is 23.9 Å². The first-order valence-electron chi connectivity index (χ1n) is 9.54. The SMILES string of the molecule is CC(C)(C)C(=O)OC(=O)C(=O)C(C)(C)C.CC(C)(C)C(=O)OC(=O)C(=O)C(C)(C)C.[Pb]. The largest absolute Gasteiger partial charge is 0.387 e. The van der Waals surface area contributed by atoms with Gasteiger partial charge in [-0.3, -0.25) is 19.2 Å². The summed E-state index contributed by atoms with van der Waals surface area (Å²) in [6.45, 7) is 19.3. The van der Waals surface area contributed by atoms with E-state index in [0.717, 1.165) is 0 Å². The van der Waals surface area contributed by atoms with Gasteiger partial charge in [0.2, 0.25) is 11.6 Å². The summed E-state index contributed by atoms with van der Waals surface area (Å²) in [6, 6.07) is 0. The molecular weight excluding hydrogens is 599 g/mol. The number of Topliss-reactive ketones (excluding diaryl/α,β-unsaturated/α-hetero) is 2. The maximum absolute atomic E-state index is 11.4. The summed E-state index contributed by atoms with van der Waals surface area (Å²) in [5, 5.41) is 0. The zero-order valence-electron chi connectivity index (χ0n) is 20.8. The molecule has 0 saturated heterocycles. The molecule has 8 nitrogen and oxygen atoms in total. The van der Waals surface area contributed by atoms with E-state index in [0.29, 0.717) is 0 Å². The van der Waals surface area contributed by atoms with Crippen LogP contribution in [0, 0.1) is 21.7 Å². The Hall–Kier alpha value is -1.46. The normalized spacial score (nSPS) is 11.7. The van der Waals surface area contributed by atoms with Crippen molar-refractivity contribution >= 4 is 62.7 Å². The van der Waals surface area contributed by atoms with E-state index in [1.165, 1.54) is 0 Å². The second-order valence-electron chi connectivity index (χ2n) is 11.0. The van der Waals surface area contributed by atoms with Crippen LogP contribution in [-0.4, -0.2) is 62.7 Å². The molecule has 9 heteroatoms. The van der Waals surface area contributed by atoms with Crippen LogP contribution in [0.5, 0.6) is 0 Å². The molecule has 4 radical (unpaired) electrons. The zero-order valence-corrected chi connectivity index (χ0v) is 24.7. The quantitative estimate of drug-likeness (QED) is 0.197. The van der Waals surface area contributed by atoms with Crippen LogP contribution in [0.15, 0.2) is 0 Å². The summed E-state index contributed by atoms with van der Waals surface area (Å²) in [5.74, 6) is -4.93. The summed E-state index contributed by atoms with van der Waals surface area (Å²) in [5.41, 5.74) is -3.22. The molecule has 0 aliphatic carbocycles. The van der Waals surface area contributed by atoms with Crippen LogP contribution in [0.1, 0.15) is 83.1 Å². The van der Waals surface area contributed by atoms with Crippen LogP contribution in [0.2, 0.25) is 0 Å². The Morgan fingerprint density at radius 1 is 0.419 bits per heavy atom. The van der Waals surface area contributed by atoms with E-state index in [9.17, 15) is 28.8 Å². The van der Waals surface area contributed by atoms with Crippen LogP contribution in [0.3, 0.4) is 0 Å². The Balaban J connectivity index is -0.000000490. The molecule has 0 rings (SSSR count). The molecule has 0 heterocycles. The maximum Gasteiger partial charge on any atom is 0.382 e. The predicted octanol–water partition coefficient (Wildman–Crippen LogP) is 3.05. The molecule has 0 bridgehead atoms. The van der Waals surface area contributed by atoms with Crippen LogP contribution in [0.4, 0.5) is 0 Å². The number of carbonyl (C=O) groups is 6. The standard InChI is InChI=1S/2C11H18O4.Pb/c2*1-10(2,3)7(12)8(13)15-9(14)11(4,5)6;/h2*1-6H3;. The predicted molar refractivity (Wildman–Crippen MR) is 116 cm³/mol. The third kappa shape index (κ3) is 13.5. The minimum Gasteiger partial charge on any atom is -0.387 e. The molecule has 31 heavy (non-hydrogen) atoms. The van der Waals surface area contributed by atoms with Gasteiger partial charge in [-0.15, -0.1) is 0 Å². The van der Waals surface area contributed by atoms with Crippen LogP contribution in [0.25, 0.3) is 0 Å². The molecule has 0 atom stereocenters. The Bertz CT molecular complexity index is 646. The molecule has 0 aromatic heterocycles. The van der Waals surface area contributed by atoms with Gasteiger partial charge in [-0.25, -0.2) is 9.59 Å². The fourth-order valence-electron chi connectivity index (χ4n) is 1.18. The number of hydrogen-bond donors (Lipinski definition) is 0. The molecule has 0 spiro atoms. The molecule has 0 unspecified atom stereocenters. The number of ether oxygens (including phenoxy) is 2. The van der Waals surface area contributed by atoms with Crippen molar-refractivity contribution in [2.75, 3.05) is 0 Å². The fraction of sp³-hybridized carbons (Fsp3) is 0.727. The molecule has 0 N–H and O–H groups in total. The smallest absolute Gasteiger partial charge is 0.382 e. The number of esters is 4. The Labute approximate surface area is 205 Å². The summed E-state index contributed by atoms with van der Waals surface area (Å²) in [7, 11) is 0. The van der Waals surface area contributed by atoms with Gasteiger partial charge in [-0.1, -0.05) is 41.5 Å². The van der Waals surface area contributed by atoms with Crippen molar-refractivity contribution in [2.45, 2.75) is 83.1 Å². The number of ketones is 2. The average molecular weight is 636 g/mol. The van der Waals surface area contributed by atoms with Gasteiger partial charge in [0.15, 0.2) is 0 Å². The van der Waals surface area contributed by atoms with Gasteiger partial charge in [0.25, 0.3) is 0 Å². The van der Waals surface area contributed by atoms with E-state index in [4.69, 9.17) is 0 Å². The van der Waals surface area contributed by atoms with E-state index >= 15 is 0 Å². The van der Waals surface area contributed by atoms with E-state index in [-0.39, 0.29) is 27.3 Å². The third-order valence-corrected chi connectivity index (χ3v) is 3.33. The fourth-order valence-corrected chi connectivity index (χ4v) is 1.18. The second kappa shape index (κ2) is 12.0. The topological polar surface area (TPSA) is 121 Å². The van der Waals surface area contributed by atoms with Crippen molar-refractivity contribution < 1.29 is 38.2 Å². The number of rotatable bonds is 2. The molecule has 0 saturated carbocycles. The van der Waals surface area contributed by atoms with E-state index < -0.39 is 57.1 Å². The average Bonchev–Trinajstić information content (AvgIpc) is 2.50. The Morgan fingerprint density at radius 3 is 0.742 bits per heavy atom. The van der Waals surface area contributed by atoms with Crippen molar-refractivity contribution in [3.05, 3.63) is 0 Å². The summed E-state index contributed by atoms with van der Waals surface area (Å²) < 4.78 is 8.95. The van der Waals surface area contributed by atoms with Crippen LogP contribution in [-0.2, 0) is 38.2 Å². The minimum atomic E-state index is -1.08. The first-order valence-corrected chi connectivity index (χ1v) is 9.54. The van der Waals surface area contributed by atoms with Crippen LogP contribution < -0.4 is 0 Å². The molecule has 0 aromatic rings. The zero-order chi connectivity index (χ0) is 24.9. The Morgan fingerprint density at radius 2 is 0.613 bits per heavy atom. The maximum atomic E-state index is 11.4. The van der Waals surface area contributed by atoms with Crippen molar-refractivity contribution in [1.29, 1.82) is 0 Å². The van der Waals surface area contributed by atoms with Gasteiger partial charge < -0.3 is 9.47 Å². The summed E-state index contributed by atoms with van der Waals surface area (Å²) >= 11 is 0. The van der Waals surface area contributed by atoms with Crippen molar-refractivity contribution in [2.24, 2.45) is 21.7 Å². The van der Waals surface area contributed by atoms with Crippen LogP contribution >= 0.6 is 0 Å². The van der Waals surface area contributed by atoms with Gasteiger partial charge in [-0.2, -0.15) is 0 Å². The summed E-state index contributed by atoms with van der Waals surface area (Å²) in [4.78, 5) is 67.9. The number of hydrogen-bond acceptors (Lipinski definition) is 8. The first-order chi connectivity index (χ1) is 12.9. The monoisotopic (exact) mass is 636 g/mol. The summed E-state index contributed by atoms with van der Waals surface area (Å²) in [6.07, 6.45) is 0.